The Hall–Kier alpha value is -1.99. The molecule has 0 bridgehead atoms. The summed E-state index contributed by atoms with van der Waals surface area (Å²) in [7, 11) is 0. The number of carbonyl (C=O) groups excluding carboxylic acids is 1. The van der Waals surface area contributed by atoms with Gasteiger partial charge < -0.3 is 15.6 Å². The van der Waals surface area contributed by atoms with Crippen LogP contribution in [0.2, 0.25) is 0 Å². The zero-order valence-electron chi connectivity index (χ0n) is 15.2. The van der Waals surface area contributed by atoms with Crippen molar-refractivity contribution in [3.8, 4) is 11.4 Å². The Morgan fingerprint density at radius 3 is 2.74 bits per heavy atom. The summed E-state index contributed by atoms with van der Waals surface area (Å²) >= 11 is 0. The number of nitrogens with one attached hydrogen (secondary N) is 1. The molecule has 3 rings (SSSR count). The lowest BCUT2D eigenvalue weighted by Crippen LogP contribution is -2.44. The maximum atomic E-state index is 13.0. The van der Waals surface area contributed by atoms with E-state index in [0.717, 1.165) is 19.3 Å². The molecule has 2 atom stereocenters. The molecule has 1 saturated carbocycles. The molecular formula is C19H26ClFN4O2. The third-order valence-corrected chi connectivity index (χ3v) is 4.92. The summed E-state index contributed by atoms with van der Waals surface area (Å²) in [6, 6.07) is 6.13. The lowest BCUT2D eigenvalue weighted by molar-refractivity contribution is -0.122. The van der Waals surface area contributed by atoms with Crippen LogP contribution < -0.4 is 11.1 Å². The summed E-state index contributed by atoms with van der Waals surface area (Å²) in [4.78, 5) is 16.5. The van der Waals surface area contributed by atoms with Crippen molar-refractivity contribution < 1.29 is 13.7 Å². The predicted molar refractivity (Wildman–Crippen MR) is 103 cm³/mol. The van der Waals surface area contributed by atoms with Crippen LogP contribution in [0, 0.1) is 11.7 Å². The van der Waals surface area contributed by atoms with Gasteiger partial charge in [0.25, 0.3) is 0 Å². The maximum absolute atomic E-state index is 13.0. The minimum Gasteiger partial charge on any atom is -0.353 e. The van der Waals surface area contributed by atoms with Gasteiger partial charge in [0.1, 0.15) is 5.82 Å². The number of amides is 1. The third kappa shape index (κ3) is 6.01. The van der Waals surface area contributed by atoms with Crippen molar-refractivity contribution in [2.75, 3.05) is 6.54 Å². The number of hydrogen-bond acceptors (Lipinski definition) is 5. The molecule has 2 unspecified atom stereocenters. The second kappa shape index (κ2) is 10.4. The van der Waals surface area contributed by atoms with Crippen molar-refractivity contribution in [1.29, 1.82) is 0 Å². The van der Waals surface area contributed by atoms with Crippen LogP contribution >= 0.6 is 12.4 Å². The molecule has 1 fully saturated rings. The summed E-state index contributed by atoms with van der Waals surface area (Å²) in [6.07, 6.45) is 6.04. The summed E-state index contributed by atoms with van der Waals surface area (Å²) in [5.74, 6) is 1.04. The molecule has 148 valence electrons. The molecule has 1 aromatic carbocycles. The quantitative estimate of drug-likeness (QED) is 0.749. The molecule has 8 heteroatoms. The molecule has 2 aromatic rings. The molecule has 1 aliphatic carbocycles. The van der Waals surface area contributed by atoms with Gasteiger partial charge in [0.15, 0.2) is 0 Å². The molecule has 27 heavy (non-hydrogen) atoms. The van der Waals surface area contributed by atoms with Crippen molar-refractivity contribution in [3.05, 3.63) is 36.0 Å². The minimum absolute atomic E-state index is 0. The van der Waals surface area contributed by atoms with Crippen molar-refractivity contribution in [2.24, 2.45) is 11.7 Å². The van der Waals surface area contributed by atoms with Gasteiger partial charge in [-0.1, -0.05) is 18.0 Å². The van der Waals surface area contributed by atoms with Crippen LogP contribution in [0.3, 0.4) is 0 Å². The monoisotopic (exact) mass is 396 g/mol. The highest BCUT2D eigenvalue weighted by Gasteiger charge is 2.25. The van der Waals surface area contributed by atoms with Gasteiger partial charge in [-0.2, -0.15) is 4.98 Å². The Bertz CT molecular complexity index is 723. The van der Waals surface area contributed by atoms with Crippen LogP contribution in [0.25, 0.3) is 11.4 Å². The van der Waals surface area contributed by atoms with E-state index in [9.17, 15) is 9.18 Å². The van der Waals surface area contributed by atoms with E-state index >= 15 is 0 Å². The molecule has 0 radical (unpaired) electrons. The Labute approximate surface area is 164 Å². The van der Waals surface area contributed by atoms with E-state index in [1.54, 1.807) is 12.1 Å². The van der Waals surface area contributed by atoms with Gasteiger partial charge in [0, 0.05) is 24.4 Å². The standard InChI is InChI=1S/C19H25FN4O2.ClH/c20-15-10-8-13(9-11-15)19-23-18(26-24-19)7-3-6-17(25)22-16-5-2-1-4-14(16)12-21;/h8-11,14,16H,1-7,12,21H2,(H,22,25);1H. The van der Waals surface area contributed by atoms with Crippen LogP contribution in [0.1, 0.15) is 44.4 Å². The van der Waals surface area contributed by atoms with Crippen LogP contribution in [-0.4, -0.2) is 28.6 Å². The van der Waals surface area contributed by atoms with E-state index in [4.69, 9.17) is 10.3 Å². The van der Waals surface area contributed by atoms with E-state index in [2.05, 4.69) is 15.5 Å². The lowest BCUT2D eigenvalue weighted by atomic mass is 9.84. The van der Waals surface area contributed by atoms with Crippen molar-refractivity contribution >= 4 is 18.3 Å². The zero-order chi connectivity index (χ0) is 18.4. The Morgan fingerprint density at radius 2 is 2.00 bits per heavy atom. The number of hydrogen-bond donors (Lipinski definition) is 2. The van der Waals surface area contributed by atoms with Gasteiger partial charge in [-0.05, 0) is 56.0 Å². The van der Waals surface area contributed by atoms with Crippen molar-refractivity contribution in [1.82, 2.24) is 15.5 Å². The smallest absolute Gasteiger partial charge is 0.226 e. The van der Waals surface area contributed by atoms with Crippen LogP contribution in [0.4, 0.5) is 4.39 Å². The molecule has 0 saturated heterocycles. The van der Waals surface area contributed by atoms with Gasteiger partial charge in [-0.25, -0.2) is 4.39 Å². The average Bonchev–Trinajstić information content (AvgIpc) is 3.11. The van der Waals surface area contributed by atoms with E-state index in [-0.39, 0.29) is 30.2 Å². The number of nitrogens with zero attached hydrogens (tertiary/aromatic N) is 2. The zero-order valence-corrected chi connectivity index (χ0v) is 16.0. The van der Waals surface area contributed by atoms with Gasteiger partial charge in [0.2, 0.25) is 17.6 Å². The molecule has 1 aliphatic rings. The van der Waals surface area contributed by atoms with Gasteiger partial charge in [-0.15, -0.1) is 12.4 Å². The van der Waals surface area contributed by atoms with E-state index in [1.165, 1.54) is 18.6 Å². The van der Waals surface area contributed by atoms with Crippen molar-refractivity contribution in [3.63, 3.8) is 0 Å². The van der Waals surface area contributed by atoms with E-state index in [1.807, 2.05) is 0 Å². The average molecular weight is 397 g/mol. The SMILES string of the molecule is Cl.NCC1CCCCC1NC(=O)CCCc1nc(-c2ccc(F)cc2)no1. The normalized spacial score (nSPS) is 19.3. The first-order valence-electron chi connectivity index (χ1n) is 9.23. The number of aryl methyl sites for hydroxylation is 1. The second-order valence-corrected chi connectivity index (χ2v) is 6.83. The minimum atomic E-state index is -0.307. The first-order valence-corrected chi connectivity index (χ1v) is 9.23. The first-order chi connectivity index (χ1) is 12.7. The maximum Gasteiger partial charge on any atom is 0.226 e. The highest BCUT2D eigenvalue weighted by molar-refractivity contribution is 5.85. The number of aromatic nitrogens is 2. The molecule has 3 N–H and O–H groups in total. The number of rotatable bonds is 7. The van der Waals surface area contributed by atoms with Crippen LogP contribution in [0.15, 0.2) is 28.8 Å². The molecule has 6 nitrogen and oxygen atoms in total. The van der Waals surface area contributed by atoms with Gasteiger partial charge >= 0.3 is 0 Å². The summed E-state index contributed by atoms with van der Waals surface area (Å²) in [5, 5.41) is 7.03. The fourth-order valence-corrected chi connectivity index (χ4v) is 3.43. The highest BCUT2D eigenvalue weighted by Crippen LogP contribution is 2.23. The summed E-state index contributed by atoms with van der Waals surface area (Å²) in [6.45, 7) is 0.624. The molecular weight excluding hydrogens is 371 g/mol. The van der Waals surface area contributed by atoms with E-state index in [0.29, 0.717) is 49.0 Å². The van der Waals surface area contributed by atoms with E-state index < -0.39 is 0 Å². The highest BCUT2D eigenvalue weighted by atomic mass is 35.5. The number of carbonyl (C=O) groups is 1. The molecule has 1 amide bonds. The van der Waals surface area contributed by atoms with Gasteiger partial charge in [0.05, 0.1) is 0 Å². The third-order valence-electron chi connectivity index (χ3n) is 4.92. The Balaban J connectivity index is 0.00000261. The number of benzene rings is 1. The summed E-state index contributed by atoms with van der Waals surface area (Å²) in [5.41, 5.74) is 6.50. The predicted octanol–water partition coefficient (Wildman–Crippen LogP) is 3.25. The van der Waals surface area contributed by atoms with Gasteiger partial charge in [-0.3, -0.25) is 4.79 Å². The Morgan fingerprint density at radius 1 is 1.26 bits per heavy atom. The lowest BCUT2D eigenvalue weighted by Gasteiger charge is -2.31. The number of nitrogens with two attached hydrogens (primary N) is 1. The topological polar surface area (TPSA) is 94.0 Å². The molecule has 0 spiro atoms. The molecule has 1 aromatic heterocycles. The van der Waals surface area contributed by atoms with Crippen molar-refractivity contribution in [2.45, 2.75) is 51.0 Å². The fourth-order valence-electron chi connectivity index (χ4n) is 3.43. The second-order valence-electron chi connectivity index (χ2n) is 6.83. The summed E-state index contributed by atoms with van der Waals surface area (Å²) < 4.78 is 18.2. The number of halogens is 2. The Kier molecular flexibility index (Phi) is 8.19. The molecule has 0 aliphatic heterocycles. The fraction of sp³-hybridized carbons (Fsp3) is 0.526. The van der Waals surface area contributed by atoms with Crippen LogP contribution in [0.5, 0.6) is 0 Å². The molecule has 1 heterocycles. The first kappa shape index (κ1) is 21.3. The largest absolute Gasteiger partial charge is 0.353 e. The van der Waals surface area contributed by atoms with Crippen LogP contribution in [-0.2, 0) is 11.2 Å².